The summed E-state index contributed by atoms with van der Waals surface area (Å²) in [5.41, 5.74) is 2.26. The molecule has 1 saturated carbocycles. The van der Waals surface area contributed by atoms with E-state index in [0.29, 0.717) is 32.3 Å². The second kappa shape index (κ2) is 7.27. The predicted molar refractivity (Wildman–Crippen MR) is 77.0 cm³/mol. The highest BCUT2D eigenvalue weighted by atomic mass is 19.4. The van der Waals surface area contributed by atoms with Gasteiger partial charge in [-0.1, -0.05) is 29.8 Å². The Hall–Kier alpha value is -1.36. The van der Waals surface area contributed by atoms with Crippen molar-refractivity contribution in [1.29, 1.82) is 0 Å². The number of alkyl halides is 3. The predicted octanol–water partition coefficient (Wildman–Crippen LogP) is 5.49. The normalized spacial score (nSPS) is 23.6. The summed E-state index contributed by atoms with van der Waals surface area (Å²) in [5.74, 6) is -2.32. The van der Waals surface area contributed by atoms with Crippen LogP contribution in [0.3, 0.4) is 0 Å². The Balaban J connectivity index is 1.76. The van der Waals surface area contributed by atoms with Crippen LogP contribution in [0.1, 0.15) is 36.8 Å². The number of rotatable bonds is 4. The minimum atomic E-state index is -4.86. The fraction of sp³-hybridized carbons (Fsp3) is 0.529. The van der Waals surface area contributed by atoms with Crippen LogP contribution in [-0.4, -0.2) is 12.3 Å². The molecule has 0 unspecified atom stereocenters. The zero-order chi connectivity index (χ0) is 16.2. The fourth-order valence-corrected chi connectivity index (χ4v) is 2.62. The molecule has 0 aliphatic heterocycles. The van der Waals surface area contributed by atoms with E-state index < -0.39 is 12.0 Å². The average Bonchev–Trinajstić information content (AvgIpc) is 2.47. The van der Waals surface area contributed by atoms with Crippen LogP contribution in [0.2, 0.25) is 0 Å². The van der Waals surface area contributed by atoms with Gasteiger partial charge in [0.25, 0.3) is 0 Å². The Bertz CT molecular complexity index is 496. The first kappa shape index (κ1) is 17.0. The number of aryl methyl sites for hydroxylation is 1. The van der Waals surface area contributed by atoms with Crippen LogP contribution in [0.5, 0.6) is 0 Å². The van der Waals surface area contributed by atoms with Gasteiger partial charge in [0.1, 0.15) is 0 Å². The van der Waals surface area contributed by atoms with E-state index in [4.69, 9.17) is 4.74 Å². The van der Waals surface area contributed by atoms with Crippen molar-refractivity contribution >= 4 is 0 Å². The number of allylic oxidation sites excluding steroid dienone is 2. The summed E-state index contributed by atoms with van der Waals surface area (Å²) >= 11 is 0. The molecule has 1 aliphatic carbocycles. The van der Waals surface area contributed by atoms with Gasteiger partial charge in [0, 0.05) is 0 Å². The van der Waals surface area contributed by atoms with Crippen LogP contribution in [-0.2, 0) is 11.3 Å². The lowest BCUT2D eigenvalue weighted by Gasteiger charge is -2.27. The molecule has 0 amide bonds. The van der Waals surface area contributed by atoms with Crippen LogP contribution in [0, 0.1) is 12.8 Å². The number of benzene rings is 1. The zero-order valence-electron chi connectivity index (χ0n) is 12.5. The Morgan fingerprint density at radius 1 is 1.14 bits per heavy atom. The van der Waals surface area contributed by atoms with Gasteiger partial charge in [0.05, 0.1) is 12.7 Å². The Kier molecular flexibility index (Phi) is 5.62. The van der Waals surface area contributed by atoms with Crippen LogP contribution < -0.4 is 0 Å². The van der Waals surface area contributed by atoms with E-state index in [0.717, 1.165) is 11.6 Å². The maximum Gasteiger partial charge on any atom is 0.442 e. The van der Waals surface area contributed by atoms with Gasteiger partial charge in [-0.2, -0.15) is 13.2 Å². The minimum Gasteiger partial charge on any atom is -0.374 e. The highest BCUT2D eigenvalue weighted by Gasteiger charge is 2.35. The molecule has 0 saturated heterocycles. The summed E-state index contributed by atoms with van der Waals surface area (Å²) < 4.78 is 55.1. The average molecular weight is 316 g/mol. The van der Waals surface area contributed by atoms with Crippen molar-refractivity contribution in [1.82, 2.24) is 0 Å². The quantitative estimate of drug-likeness (QED) is 0.668. The molecule has 0 bridgehead atoms. The van der Waals surface area contributed by atoms with Crippen molar-refractivity contribution in [3.63, 3.8) is 0 Å². The monoisotopic (exact) mass is 316 g/mol. The molecule has 1 fully saturated rings. The van der Waals surface area contributed by atoms with Gasteiger partial charge >= 0.3 is 6.18 Å². The minimum absolute atomic E-state index is 0.0416. The molecule has 0 aromatic heterocycles. The van der Waals surface area contributed by atoms with E-state index in [1.807, 2.05) is 31.2 Å². The van der Waals surface area contributed by atoms with Crippen molar-refractivity contribution in [2.24, 2.45) is 5.92 Å². The largest absolute Gasteiger partial charge is 0.442 e. The molecule has 0 N–H and O–H groups in total. The second-order valence-electron chi connectivity index (χ2n) is 5.85. The summed E-state index contributed by atoms with van der Waals surface area (Å²) in [7, 11) is 0. The molecule has 2 rings (SSSR count). The first-order valence-corrected chi connectivity index (χ1v) is 7.46. The molecule has 0 spiro atoms. The van der Waals surface area contributed by atoms with Crippen LogP contribution in [0.4, 0.5) is 17.6 Å². The van der Waals surface area contributed by atoms with Crippen molar-refractivity contribution in [3.05, 3.63) is 47.3 Å². The van der Waals surface area contributed by atoms with Gasteiger partial charge in [-0.15, -0.1) is 0 Å². The summed E-state index contributed by atoms with van der Waals surface area (Å²) in [6.45, 7) is 2.52. The first-order chi connectivity index (χ1) is 10.3. The number of ether oxygens (including phenoxy) is 1. The molecular weight excluding hydrogens is 296 g/mol. The van der Waals surface area contributed by atoms with Gasteiger partial charge in [-0.05, 0) is 50.2 Å². The van der Waals surface area contributed by atoms with E-state index in [1.54, 1.807) is 0 Å². The highest BCUT2D eigenvalue weighted by Crippen LogP contribution is 2.33. The number of halogens is 4. The SMILES string of the molecule is Cc1ccc(COC2CCC(C=C(F)C(F)(F)F)CC2)cc1. The lowest BCUT2D eigenvalue weighted by molar-refractivity contribution is -0.109. The summed E-state index contributed by atoms with van der Waals surface area (Å²) in [5, 5.41) is 0. The number of hydrogen-bond donors (Lipinski definition) is 0. The van der Waals surface area contributed by atoms with Gasteiger partial charge in [-0.25, -0.2) is 4.39 Å². The van der Waals surface area contributed by atoms with Crippen LogP contribution in [0.25, 0.3) is 0 Å². The maximum atomic E-state index is 12.9. The zero-order valence-corrected chi connectivity index (χ0v) is 12.5. The standard InChI is InChI=1S/C17H20F4O/c1-12-2-4-14(5-3-12)11-22-15-8-6-13(7-9-15)10-16(18)17(19,20)21/h2-5,10,13,15H,6-9,11H2,1H3. The lowest BCUT2D eigenvalue weighted by Crippen LogP contribution is -2.21. The van der Waals surface area contributed by atoms with E-state index in [-0.39, 0.29) is 12.0 Å². The molecule has 1 aliphatic rings. The molecule has 1 aromatic rings. The van der Waals surface area contributed by atoms with Crippen molar-refractivity contribution < 1.29 is 22.3 Å². The molecule has 1 nitrogen and oxygen atoms in total. The molecule has 5 heteroatoms. The van der Waals surface area contributed by atoms with Crippen molar-refractivity contribution in [2.75, 3.05) is 0 Å². The molecule has 0 radical (unpaired) electrons. The maximum absolute atomic E-state index is 12.9. The molecule has 1 aromatic carbocycles. The molecular formula is C17H20F4O. The van der Waals surface area contributed by atoms with E-state index in [2.05, 4.69) is 0 Å². The molecule has 122 valence electrons. The smallest absolute Gasteiger partial charge is 0.374 e. The van der Waals surface area contributed by atoms with E-state index >= 15 is 0 Å². The van der Waals surface area contributed by atoms with E-state index in [9.17, 15) is 17.6 Å². The summed E-state index contributed by atoms with van der Waals surface area (Å²) in [6.07, 6.45) is -1.71. The highest BCUT2D eigenvalue weighted by molar-refractivity contribution is 5.20. The molecule has 0 heterocycles. The fourth-order valence-electron chi connectivity index (χ4n) is 2.62. The van der Waals surface area contributed by atoms with Crippen molar-refractivity contribution in [3.8, 4) is 0 Å². The molecule has 0 atom stereocenters. The second-order valence-corrected chi connectivity index (χ2v) is 5.85. The van der Waals surface area contributed by atoms with E-state index in [1.165, 1.54) is 5.56 Å². The van der Waals surface area contributed by atoms with Crippen LogP contribution in [0.15, 0.2) is 36.2 Å². The van der Waals surface area contributed by atoms with Gasteiger partial charge in [0.15, 0.2) is 5.83 Å². The topological polar surface area (TPSA) is 9.23 Å². The van der Waals surface area contributed by atoms with Crippen LogP contribution >= 0.6 is 0 Å². The Morgan fingerprint density at radius 3 is 2.27 bits per heavy atom. The first-order valence-electron chi connectivity index (χ1n) is 7.46. The van der Waals surface area contributed by atoms with Gasteiger partial charge in [-0.3, -0.25) is 0 Å². The van der Waals surface area contributed by atoms with Gasteiger partial charge < -0.3 is 4.74 Å². The van der Waals surface area contributed by atoms with Crippen molar-refractivity contribution in [2.45, 2.75) is 51.5 Å². The molecule has 22 heavy (non-hydrogen) atoms. The van der Waals surface area contributed by atoms with Gasteiger partial charge in [0.2, 0.25) is 0 Å². The number of hydrogen-bond acceptors (Lipinski definition) is 1. The summed E-state index contributed by atoms with van der Waals surface area (Å²) in [6, 6.07) is 8.03. The third-order valence-corrected chi connectivity index (χ3v) is 3.98. The lowest BCUT2D eigenvalue weighted by atomic mass is 9.87. The summed E-state index contributed by atoms with van der Waals surface area (Å²) in [4.78, 5) is 0. The Morgan fingerprint density at radius 2 is 1.73 bits per heavy atom. The third kappa shape index (κ3) is 5.13. The third-order valence-electron chi connectivity index (χ3n) is 3.98. The Labute approximate surface area is 128 Å².